The zero-order valence-electron chi connectivity index (χ0n) is 10.9. The highest BCUT2D eigenvalue weighted by Gasteiger charge is 2.32. The number of ether oxygens (including phenoxy) is 1. The number of nitrogens with one attached hydrogen (secondary N) is 1. The fraction of sp³-hybridized carbons (Fsp3) is 0.429. The largest absolute Gasteiger partial charge is 0.394 e. The van der Waals surface area contributed by atoms with E-state index in [2.05, 4.69) is 10.5 Å². The van der Waals surface area contributed by atoms with Crippen LogP contribution < -0.4 is 5.43 Å². The molecule has 0 aliphatic carbocycles. The fourth-order valence-electron chi connectivity index (χ4n) is 2.13. The molecule has 2 atom stereocenters. The van der Waals surface area contributed by atoms with Gasteiger partial charge in [0.05, 0.1) is 25.2 Å². The third-order valence-electron chi connectivity index (χ3n) is 3.16. The van der Waals surface area contributed by atoms with E-state index in [1.54, 1.807) is 0 Å². The summed E-state index contributed by atoms with van der Waals surface area (Å²) in [5.41, 5.74) is 4.28. The first-order valence-electron chi connectivity index (χ1n) is 6.30. The van der Waals surface area contributed by atoms with Gasteiger partial charge in [-0.05, 0) is 5.56 Å². The number of hydrogen-bond acceptors (Lipinski definition) is 5. The van der Waals surface area contributed by atoms with E-state index in [0.717, 1.165) is 5.56 Å². The normalized spacial score (nSPS) is 19.7. The molecule has 0 fully saturated rings. The molecule has 0 spiro atoms. The Morgan fingerprint density at radius 2 is 2.26 bits per heavy atom. The predicted molar refractivity (Wildman–Crippen MR) is 71.7 cm³/mol. The van der Waals surface area contributed by atoms with Gasteiger partial charge in [0.1, 0.15) is 5.71 Å². The summed E-state index contributed by atoms with van der Waals surface area (Å²) < 4.78 is 5.72. The SMILES string of the molecule is CC(=O)C1=NNC[C@H]1[C@@H](CO)OCc1ccccc1. The Labute approximate surface area is 112 Å². The van der Waals surface area contributed by atoms with Crippen LogP contribution in [0.3, 0.4) is 0 Å². The van der Waals surface area contributed by atoms with Crippen molar-refractivity contribution in [3.63, 3.8) is 0 Å². The molecule has 0 aromatic heterocycles. The summed E-state index contributed by atoms with van der Waals surface area (Å²) in [6, 6.07) is 9.73. The van der Waals surface area contributed by atoms with E-state index in [0.29, 0.717) is 18.9 Å². The van der Waals surface area contributed by atoms with Crippen molar-refractivity contribution in [3.05, 3.63) is 35.9 Å². The number of rotatable bonds is 6. The van der Waals surface area contributed by atoms with E-state index in [9.17, 15) is 9.90 Å². The highest BCUT2D eigenvalue weighted by Crippen LogP contribution is 2.16. The van der Waals surface area contributed by atoms with Crippen molar-refractivity contribution in [2.45, 2.75) is 19.6 Å². The highest BCUT2D eigenvalue weighted by atomic mass is 16.5. The number of hydrogen-bond donors (Lipinski definition) is 2. The zero-order valence-corrected chi connectivity index (χ0v) is 10.9. The first-order valence-corrected chi connectivity index (χ1v) is 6.30. The lowest BCUT2D eigenvalue weighted by Gasteiger charge is -2.21. The first kappa shape index (κ1) is 13.7. The van der Waals surface area contributed by atoms with Crippen molar-refractivity contribution in [3.8, 4) is 0 Å². The molecule has 0 bridgehead atoms. The van der Waals surface area contributed by atoms with Gasteiger partial charge in [0.15, 0.2) is 5.78 Å². The quantitative estimate of drug-likeness (QED) is 0.793. The van der Waals surface area contributed by atoms with E-state index in [1.807, 2.05) is 30.3 Å². The van der Waals surface area contributed by atoms with E-state index < -0.39 is 6.10 Å². The van der Waals surface area contributed by atoms with E-state index in [-0.39, 0.29) is 18.3 Å². The number of aliphatic hydroxyl groups excluding tert-OH is 1. The van der Waals surface area contributed by atoms with Crippen LogP contribution in [0.4, 0.5) is 0 Å². The maximum absolute atomic E-state index is 11.4. The second-order valence-electron chi connectivity index (χ2n) is 4.54. The van der Waals surface area contributed by atoms with Crippen LogP contribution in [0.1, 0.15) is 12.5 Å². The molecule has 5 heteroatoms. The minimum Gasteiger partial charge on any atom is -0.394 e. The minimum absolute atomic E-state index is 0.0863. The van der Waals surface area contributed by atoms with Gasteiger partial charge in [-0.1, -0.05) is 30.3 Å². The van der Waals surface area contributed by atoms with Crippen molar-refractivity contribution < 1.29 is 14.6 Å². The topological polar surface area (TPSA) is 70.9 Å². The third kappa shape index (κ3) is 3.39. The lowest BCUT2D eigenvalue weighted by Crippen LogP contribution is -2.37. The van der Waals surface area contributed by atoms with Crippen molar-refractivity contribution in [1.29, 1.82) is 0 Å². The number of carbonyl (C=O) groups excluding carboxylic acids is 1. The maximum Gasteiger partial charge on any atom is 0.176 e. The molecule has 1 heterocycles. The Balaban J connectivity index is 1.97. The van der Waals surface area contributed by atoms with Crippen molar-refractivity contribution in [2.75, 3.05) is 13.2 Å². The molecule has 0 unspecified atom stereocenters. The van der Waals surface area contributed by atoms with Gasteiger partial charge in [-0.3, -0.25) is 4.79 Å². The van der Waals surface area contributed by atoms with E-state index in [4.69, 9.17) is 4.74 Å². The summed E-state index contributed by atoms with van der Waals surface area (Å²) in [4.78, 5) is 11.4. The Kier molecular flexibility index (Phi) is 4.65. The molecule has 0 saturated heterocycles. The molecule has 1 aliphatic rings. The van der Waals surface area contributed by atoms with Crippen molar-refractivity contribution >= 4 is 11.5 Å². The van der Waals surface area contributed by atoms with Crippen LogP contribution in [0.2, 0.25) is 0 Å². The molecular weight excluding hydrogens is 244 g/mol. The maximum atomic E-state index is 11.4. The molecular formula is C14H18N2O3. The van der Waals surface area contributed by atoms with Crippen LogP contribution in [0, 0.1) is 5.92 Å². The smallest absolute Gasteiger partial charge is 0.176 e. The average Bonchev–Trinajstić information content (AvgIpc) is 2.90. The van der Waals surface area contributed by atoms with E-state index >= 15 is 0 Å². The number of aliphatic hydroxyl groups is 1. The van der Waals surface area contributed by atoms with Crippen LogP contribution in [-0.2, 0) is 16.1 Å². The Morgan fingerprint density at radius 1 is 1.53 bits per heavy atom. The van der Waals surface area contributed by atoms with Crippen molar-refractivity contribution in [2.24, 2.45) is 11.0 Å². The number of benzene rings is 1. The van der Waals surface area contributed by atoms with Gasteiger partial charge < -0.3 is 15.3 Å². The van der Waals surface area contributed by atoms with Gasteiger partial charge in [0, 0.05) is 13.5 Å². The summed E-state index contributed by atoms with van der Waals surface area (Å²) >= 11 is 0. The predicted octanol–water partition coefficient (Wildman–Crippen LogP) is 0.728. The molecule has 2 N–H and O–H groups in total. The van der Waals surface area contributed by atoms with Gasteiger partial charge in [-0.25, -0.2) is 0 Å². The lowest BCUT2D eigenvalue weighted by atomic mass is 9.95. The molecule has 1 aliphatic heterocycles. The second-order valence-corrected chi connectivity index (χ2v) is 4.54. The molecule has 0 radical (unpaired) electrons. The van der Waals surface area contributed by atoms with Crippen LogP contribution in [0.15, 0.2) is 35.4 Å². The summed E-state index contributed by atoms with van der Waals surface area (Å²) in [7, 11) is 0. The van der Waals surface area contributed by atoms with Crippen LogP contribution >= 0.6 is 0 Å². The van der Waals surface area contributed by atoms with Gasteiger partial charge in [0.2, 0.25) is 0 Å². The first-order chi connectivity index (χ1) is 9.22. The standard InChI is InChI=1S/C14H18N2O3/c1-10(18)14-12(7-15-16-14)13(8-17)19-9-11-5-3-2-4-6-11/h2-6,12-13,15,17H,7-9H2,1H3/t12-,13+/m0/s1. The second kappa shape index (κ2) is 6.45. The van der Waals surface area contributed by atoms with Gasteiger partial charge in [-0.15, -0.1) is 0 Å². The summed E-state index contributed by atoms with van der Waals surface area (Å²) in [6.45, 7) is 2.28. The highest BCUT2D eigenvalue weighted by molar-refractivity contribution is 6.40. The number of hydrazone groups is 1. The Morgan fingerprint density at radius 3 is 2.89 bits per heavy atom. The molecule has 2 rings (SSSR count). The number of carbonyl (C=O) groups is 1. The average molecular weight is 262 g/mol. The minimum atomic E-state index is -0.419. The molecule has 19 heavy (non-hydrogen) atoms. The summed E-state index contributed by atoms with van der Waals surface area (Å²) in [5, 5.41) is 13.4. The summed E-state index contributed by atoms with van der Waals surface area (Å²) in [6.07, 6.45) is -0.419. The van der Waals surface area contributed by atoms with Crippen LogP contribution in [0.25, 0.3) is 0 Å². The molecule has 0 saturated carbocycles. The monoisotopic (exact) mass is 262 g/mol. The lowest BCUT2D eigenvalue weighted by molar-refractivity contribution is -0.111. The number of nitrogens with zero attached hydrogens (tertiary/aromatic N) is 1. The van der Waals surface area contributed by atoms with Crippen molar-refractivity contribution in [1.82, 2.24) is 5.43 Å². The van der Waals surface area contributed by atoms with Gasteiger partial charge in [0.25, 0.3) is 0 Å². The molecule has 0 amide bonds. The van der Waals surface area contributed by atoms with Gasteiger partial charge >= 0.3 is 0 Å². The zero-order chi connectivity index (χ0) is 13.7. The number of Topliss-reactive ketones (excluding diaryl/α,β-unsaturated/α-hetero) is 1. The fourth-order valence-corrected chi connectivity index (χ4v) is 2.13. The molecule has 102 valence electrons. The number of ketones is 1. The van der Waals surface area contributed by atoms with Gasteiger partial charge in [-0.2, -0.15) is 5.10 Å². The van der Waals surface area contributed by atoms with Crippen LogP contribution in [0.5, 0.6) is 0 Å². The van der Waals surface area contributed by atoms with E-state index in [1.165, 1.54) is 6.92 Å². The third-order valence-corrected chi connectivity index (χ3v) is 3.16. The van der Waals surface area contributed by atoms with Crippen LogP contribution in [-0.4, -0.2) is 35.9 Å². The molecule has 1 aromatic rings. The molecule has 1 aromatic carbocycles. The Hall–Kier alpha value is -1.72. The summed E-state index contributed by atoms with van der Waals surface area (Å²) in [5.74, 6) is -0.275. The molecule has 5 nitrogen and oxygen atoms in total. The Bertz CT molecular complexity index is 459.